The molecule has 0 amide bonds. The van der Waals surface area contributed by atoms with Crippen molar-refractivity contribution in [2.45, 2.75) is 20.5 Å². The summed E-state index contributed by atoms with van der Waals surface area (Å²) in [5.74, 6) is -0.440. The molecule has 3 rings (SSSR count). The molecule has 0 spiro atoms. The lowest BCUT2D eigenvalue weighted by atomic mass is 10.1. The van der Waals surface area contributed by atoms with Gasteiger partial charge in [-0.05, 0) is 31.5 Å². The van der Waals surface area contributed by atoms with E-state index in [1.807, 2.05) is 31.2 Å². The minimum Gasteiger partial charge on any atom is -0.462 e. The highest BCUT2D eigenvalue weighted by Gasteiger charge is 2.21. The average molecular weight is 360 g/mol. The number of aryl methyl sites for hydroxylation is 1. The van der Waals surface area contributed by atoms with E-state index in [4.69, 9.17) is 21.1 Å². The molecule has 2 heterocycles. The van der Waals surface area contributed by atoms with Crippen LogP contribution in [0.2, 0.25) is 5.02 Å². The third-order valence-electron chi connectivity index (χ3n) is 3.83. The van der Waals surface area contributed by atoms with Crippen LogP contribution in [0.1, 0.15) is 28.7 Å². The normalized spacial score (nSPS) is 11.0. The van der Waals surface area contributed by atoms with E-state index >= 15 is 0 Å². The van der Waals surface area contributed by atoms with Gasteiger partial charge >= 0.3 is 5.97 Å². The molecule has 3 aromatic rings. The number of fused-ring (bicyclic) bond motifs is 1. The van der Waals surface area contributed by atoms with Gasteiger partial charge in [0.2, 0.25) is 0 Å². The Morgan fingerprint density at radius 2 is 2.00 bits per heavy atom. The molecule has 130 valence electrons. The molecule has 0 unspecified atom stereocenters. The number of aromatic nitrogens is 3. The van der Waals surface area contributed by atoms with Crippen LogP contribution >= 0.6 is 11.6 Å². The van der Waals surface area contributed by atoms with E-state index < -0.39 is 5.97 Å². The summed E-state index contributed by atoms with van der Waals surface area (Å²) in [6.07, 6.45) is 1.52. The Hall–Kier alpha value is -2.44. The molecule has 0 saturated carbocycles. The highest BCUT2D eigenvalue weighted by Crippen LogP contribution is 2.29. The second-order valence-corrected chi connectivity index (χ2v) is 5.91. The maximum Gasteiger partial charge on any atom is 0.341 e. The number of methoxy groups -OCH3 is 1. The van der Waals surface area contributed by atoms with Crippen LogP contribution in [-0.4, -0.2) is 34.3 Å². The Balaban J connectivity index is 2.22. The maximum absolute atomic E-state index is 12.2. The van der Waals surface area contributed by atoms with Crippen molar-refractivity contribution in [3.05, 3.63) is 52.4 Å². The number of hydrogen-bond acceptors (Lipinski definition) is 5. The molecule has 0 aliphatic heterocycles. The molecule has 0 fully saturated rings. The van der Waals surface area contributed by atoms with Gasteiger partial charge in [-0.15, -0.1) is 0 Å². The van der Waals surface area contributed by atoms with Gasteiger partial charge in [-0.2, -0.15) is 5.10 Å². The highest BCUT2D eigenvalue weighted by atomic mass is 35.5. The van der Waals surface area contributed by atoms with Crippen LogP contribution in [0.4, 0.5) is 0 Å². The third-order valence-corrected chi connectivity index (χ3v) is 4.08. The maximum atomic E-state index is 12.2. The molecule has 0 radical (unpaired) electrons. The highest BCUT2D eigenvalue weighted by molar-refractivity contribution is 6.30. The van der Waals surface area contributed by atoms with Gasteiger partial charge < -0.3 is 9.47 Å². The number of ether oxygens (including phenoxy) is 2. The zero-order valence-electron chi connectivity index (χ0n) is 14.2. The van der Waals surface area contributed by atoms with Gasteiger partial charge in [-0.1, -0.05) is 23.7 Å². The van der Waals surface area contributed by atoms with E-state index in [9.17, 15) is 4.79 Å². The predicted octanol–water partition coefficient (Wildman–Crippen LogP) is 3.68. The smallest absolute Gasteiger partial charge is 0.341 e. The lowest BCUT2D eigenvalue weighted by Gasteiger charge is -2.10. The number of hydrogen-bond donors (Lipinski definition) is 0. The number of halogens is 1. The molecule has 0 atom stereocenters. The zero-order chi connectivity index (χ0) is 18.0. The predicted molar refractivity (Wildman–Crippen MR) is 94.8 cm³/mol. The van der Waals surface area contributed by atoms with Gasteiger partial charge in [-0.25, -0.2) is 14.3 Å². The molecule has 0 saturated heterocycles. The Morgan fingerprint density at radius 1 is 1.28 bits per heavy atom. The van der Waals surface area contributed by atoms with Crippen molar-refractivity contribution in [2.24, 2.45) is 0 Å². The van der Waals surface area contributed by atoms with Gasteiger partial charge in [0, 0.05) is 23.9 Å². The van der Waals surface area contributed by atoms with E-state index in [1.54, 1.807) is 18.5 Å². The van der Waals surface area contributed by atoms with Crippen molar-refractivity contribution in [3.8, 4) is 11.1 Å². The quantitative estimate of drug-likeness (QED) is 0.650. The molecular formula is C18H18ClN3O3. The number of rotatable bonds is 5. The van der Waals surface area contributed by atoms with Crippen LogP contribution < -0.4 is 0 Å². The monoisotopic (exact) mass is 359 g/mol. The van der Waals surface area contributed by atoms with Gasteiger partial charge in [0.1, 0.15) is 5.56 Å². The first-order valence-corrected chi connectivity index (χ1v) is 8.23. The summed E-state index contributed by atoms with van der Waals surface area (Å²) >= 11 is 5.98. The molecular weight excluding hydrogens is 342 g/mol. The lowest BCUT2D eigenvalue weighted by Crippen LogP contribution is -2.14. The lowest BCUT2D eigenvalue weighted by molar-refractivity contribution is 0.0519. The second kappa shape index (κ2) is 7.21. The summed E-state index contributed by atoms with van der Waals surface area (Å²) in [6.45, 7) is 4.17. The fourth-order valence-electron chi connectivity index (χ4n) is 2.75. The van der Waals surface area contributed by atoms with Gasteiger partial charge in [-0.3, -0.25) is 0 Å². The van der Waals surface area contributed by atoms with Gasteiger partial charge in [0.05, 0.1) is 24.6 Å². The molecule has 7 heteroatoms. The van der Waals surface area contributed by atoms with Crippen molar-refractivity contribution in [3.63, 3.8) is 0 Å². The van der Waals surface area contributed by atoms with Crippen LogP contribution in [0.5, 0.6) is 0 Å². The minimum atomic E-state index is -0.440. The van der Waals surface area contributed by atoms with E-state index in [-0.39, 0.29) is 13.2 Å². The van der Waals surface area contributed by atoms with E-state index in [2.05, 4.69) is 10.1 Å². The number of benzene rings is 1. The first kappa shape index (κ1) is 17.4. The number of carbonyl (C=O) groups is 1. The number of carbonyl (C=O) groups excluding carboxylic acids is 1. The summed E-state index contributed by atoms with van der Waals surface area (Å²) < 4.78 is 12.0. The second-order valence-electron chi connectivity index (χ2n) is 5.47. The standard InChI is InChI=1S/C18H18ClN3O3/c1-4-25-18(23)14-9-20-17-16(12-5-7-13(19)8-6-12)11(2)21-22(17)15(14)10-24-3/h5-9H,4,10H2,1-3H3. The summed E-state index contributed by atoms with van der Waals surface area (Å²) in [4.78, 5) is 16.7. The first-order chi connectivity index (χ1) is 12.1. The zero-order valence-corrected chi connectivity index (χ0v) is 15.0. The van der Waals surface area contributed by atoms with Crippen LogP contribution in [0.3, 0.4) is 0 Å². The molecule has 0 bridgehead atoms. The molecule has 0 N–H and O–H groups in total. The summed E-state index contributed by atoms with van der Waals surface area (Å²) in [6, 6.07) is 7.48. The third kappa shape index (κ3) is 3.23. The van der Waals surface area contributed by atoms with Crippen molar-refractivity contribution < 1.29 is 14.3 Å². The Labute approximate surface area is 150 Å². The first-order valence-electron chi connectivity index (χ1n) is 7.86. The average Bonchev–Trinajstić information content (AvgIpc) is 2.93. The SMILES string of the molecule is CCOC(=O)c1cnc2c(-c3ccc(Cl)cc3)c(C)nn2c1COC. The molecule has 1 aromatic carbocycles. The van der Waals surface area contributed by atoms with Gasteiger partial charge in [0.25, 0.3) is 0 Å². The fraction of sp³-hybridized carbons (Fsp3) is 0.278. The van der Waals surface area contributed by atoms with Gasteiger partial charge in [0.15, 0.2) is 5.65 Å². The topological polar surface area (TPSA) is 65.7 Å². The summed E-state index contributed by atoms with van der Waals surface area (Å²) in [7, 11) is 1.57. The van der Waals surface area contributed by atoms with Crippen LogP contribution in [-0.2, 0) is 16.1 Å². The molecule has 0 aliphatic carbocycles. The van der Waals surface area contributed by atoms with E-state index in [1.165, 1.54) is 6.20 Å². The molecule has 6 nitrogen and oxygen atoms in total. The van der Waals surface area contributed by atoms with Crippen molar-refractivity contribution in [1.29, 1.82) is 0 Å². The summed E-state index contributed by atoms with van der Waals surface area (Å²) in [5, 5.41) is 5.23. The minimum absolute atomic E-state index is 0.217. The van der Waals surface area contributed by atoms with Crippen LogP contribution in [0.25, 0.3) is 16.8 Å². The summed E-state index contributed by atoms with van der Waals surface area (Å²) in [5.41, 5.74) is 4.25. The number of nitrogens with zero attached hydrogens (tertiary/aromatic N) is 3. The van der Waals surface area contributed by atoms with E-state index in [0.29, 0.717) is 21.9 Å². The molecule has 2 aromatic heterocycles. The van der Waals surface area contributed by atoms with Crippen molar-refractivity contribution in [1.82, 2.24) is 14.6 Å². The van der Waals surface area contributed by atoms with E-state index in [0.717, 1.165) is 16.8 Å². The fourth-order valence-corrected chi connectivity index (χ4v) is 2.87. The van der Waals surface area contributed by atoms with Crippen LogP contribution in [0.15, 0.2) is 30.5 Å². The molecule has 0 aliphatic rings. The Morgan fingerprint density at radius 3 is 2.64 bits per heavy atom. The number of esters is 1. The van der Waals surface area contributed by atoms with Crippen molar-refractivity contribution in [2.75, 3.05) is 13.7 Å². The Kier molecular flexibility index (Phi) is 5.01. The van der Waals surface area contributed by atoms with Crippen LogP contribution in [0, 0.1) is 6.92 Å². The Bertz CT molecular complexity index is 919. The van der Waals surface area contributed by atoms with Crippen molar-refractivity contribution >= 4 is 23.2 Å². The largest absolute Gasteiger partial charge is 0.462 e. The molecule has 25 heavy (non-hydrogen) atoms.